The maximum absolute atomic E-state index is 5.91. The SMILES string of the molecule is C[N+](C)(C)c1cc(Cl)c(N)c(Cl)c1. The van der Waals surface area contributed by atoms with Crippen LogP contribution in [0.25, 0.3) is 0 Å². The van der Waals surface area contributed by atoms with Gasteiger partial charge in [0.15, 0.2) is 0 Å². The third kappa shape index (κ3) is 2.27. The fourth-order valence-electron chi connectivity index (χ4n) is 0.958. The van der Waals surface area contributed by atoms with Crippen LogP contribution in [0.15, 0.2) is 12.1 Å². The predicted octanol–water partition coefficient (Wildman–Crippen LogP) is 2.77. The molecule has 0 radical (unpaired) electrons. The molecule has 0 spiro atoms. The summed E-state index contributed by atoms with van der Waals surface area (Å²) in [5, 5.41) is 1.02. The van der Waals surface area contributed by atoms with Crippen molar-refractivity contribution in [1.82, 2.24) is 4.48 Å². The molecule has 0 atom stereocenters. The first-order valence-electron chi connectivity index (χ1n) is 3.89. The minimum absolute atomic E-state index is 0.445. The van der Waals surface area contributed by atoms with Gasteiger partial charge in [-0.25, -0.2) is 0 Å². The lowest BCUT2D eigenvalue weighted by atomic mass is 10.2. The lowest BCUT2D eigenvalue weighted by Gasteiger charge is -2.24. The first-order valence-corrected chi connectivity index (χ1v) is 4.64. The van der Waals surface area contributed by atoms with Crippen LogP contribution in [0.2, 0.25) is 10.0 Å². The Kier molecular flexibility index (Phi) is 2.76. The average molecular weight is 220 g/mol. The summed E-state index contributed by atoms with van der Waals surface area (Å²) in [4.78, 5) is 0. The standard InChI is InChI=1S/C9H13Cl2N2/c1-13(2,3)6-4-7(10)9(12)8(11)5-6/h4-5H,12H2,1-3H3/q+1. The summed E-state index contributed by atoms with van der Waals surface area (Å²) in [6.07, 6.45) is 0. The van der Waals surface area contributed by atoms with Crippen molar-refractivity contribution in [2.75, 3.05) is 26.9 Å². The monoisotopic (exact) mass is 219 g/mol. The number of benzene rings is 1. The van der Waals surface area contributed by atoms with E-state index in [9.17, 15) is 0 Å². The molecule has 2 N–H and O–H groups in total. The topological polar surface area (TPSA) is 26.0 Å². The Morgan fingerprint density at radius 1 is 1.08 bits per heavy atom. The first-order chi connectivity index (χ1) is 5.82. The molecule has 0 bridgehead atoms. The average Bonchev–Trinajstić information content (AvgIpc) is 1.97. The summed E-state index contributed by atoms with van der Waals surface area (Å²) in [7, 11) is 6.12. The van der Waals surface area contributed by atoms with Gasteiger partial charge in [-0.2, -0.15) is 0 Å². The molecule has 2 nitrogen and oxygen atoms in total. The van der Waals surface area contributed by atoms with E-state index >= 15 is 0 Å². The number of anilines is 1. The number of quaternary nitrogens is 1. The van der Waals surface area contributed by atoms with Crippen LogP contribution >= 0.6 is 23.2 Å². The highest BCUT2D eigenvalue weighted by molar-refractivity contribution is 6.39. The van der Waals surface area contributed by atoms with Gasteiger partial charge >= 0.3 is 0 Å². The van der Waals surface area contributed by atoms with Crippen molar-refractivity contribution in [1.29, 1.82) is 0 Å². The van der Waals surface area contributed by atoms with Crippen LogP contribution in [-0.2, 0) is 0 Å². The Balaban J connectivity index is 3.29. The van der Waals surface area contributed by atoms with Gasteiger partial charge in [-0.3, -0.25) is 4.48 Å². The molecule has 1 aromatic rings. The maximum atomic E-state index is 5.91. The number of hydrogen-bond donors (Lipinski definition) is 1. The van der Waals surface area contributed by atoms with Crippen molar-refractivity contribution in [3.63, 3.8) is 0 Å². The molecule has 1 rings (SSSR count). The third-order valence-corrected chi connectivity index (χ3v) is 2.46. The molecule has 0 unspecified atom stereocenters. The van der Waals surface area contributed by atoms with Gasteiger partial charge in [-0.15, -0.1) is 0 Å². The zero-order valence-electron chi connectivity index (χ0n) is 7.94. The molecule has 0 aliphatic carbocycles. The summed E-state index contributed by atoms with van der Waals surface area (Å²) in [6.45, 7) is 0. The number of nitrogens with two attached hydrogens (primary N) is 1. The molecule has 4 heteroatoms. The normalized spacial score (nSPS) is 11.8. The van der Waals surface area contributed by atoms with Crippen molar-refractivity contribution in [2.45, 2.75) is 0 Å². The van der Waals surface area contributed by atoms with Gasteiger partial charge in [-0.1, -0.05) is 23.2 Å². The van der Waals surface area contributed by atoms with Crippen LogP contribution in [0, 0.1) is 0 Å². The highest BCUT2D eigenvalue weighted by Gasteiger charge is 2.15. The van der Waals surface area contributed by atoms with Crippen molar-refractivity contribution in [3.8, 4) is 0 Å². The van der Waals surface area contributed by atoms with Crippen LogP contribution in [0.1, 0.15) is 0 Å². The fourth-order valence-corrected chi connectivity index (χ4v) is 1.43. The molecule has 1 aromatic carbocycles. The Morgan fingerprint density at radius 2 is 1.46 bits per heavy atom. The number of nitrogen functional groups attached to an aromatic ring is 1. The largest absolute Gasteiger partial charge is 0.396 e. The molecule has 0 heterocycles. The van der Waals surface area contributed by atoms with Crippen LogP contribution in [0.5, 0.6) is 0 Å². The second-order valence-corrected chi connectivity index (χ2v) is 4.65. The molecule has 72 valence electrons. The van der Waals surface area contributed by atoms with E-state index in [1.54, 1.807) is 0 Å². The predicted molar refractivity (Wildman–Crippen MR) is 60.4 cm³/mol. The molecule has 0 saturated heterocycles. The van der Waals surface area contributed by atoms with Gasteiger partial charge < -0.3 is 5.73 Å². The van der Waals surface area contributed by atoms with E-state index in [-0.39, 0.29) is 0 Å². The summed E-state index contributed by atoms with van der Waals surface area (Å²) in [6, 6.07) is 3.67. The van der Waals surface area contributed by atoms with E-state index in [4.69, 9.17) is 28.9 Å². The van der Waals surface area contributed by atoms with Crippen molar-refractivity contribution in [3.05, 3.63) is 22.2 Å². The lowest BCUT2D eigenvalue weighted by Crippen LogP contribution is -2.34. The van der Waals surface area contributed by atoms with Gasteiger partial charge in [-0.05, 0) is 0 Å². The van der Waals surface area contributed by atoms with Crippen LogP contribution in [0.4, 0.5) is 11.4 Å². The minimum Gasteiger partial charge on any atom is -0.396 e. The molecule has 0 aliphatic rings. The van der Waals surface area contributed by atoms with Gasteiger partial charge in [0, 0.05) is 12.1 Å². The van der Waals surface area contributed by atoms with Crippen molar-refractivity contribution in [2.24, 2.45) is 0 Å². The van der Waals surface area contributed by atoms with E-state index < -0.39 is 0 Å². The van der Waals surface area contributed by atoms with Gasteiger partial charge in [0.2, 0.25) is 0 Å². The Hall–Kier alpha value is -0.440. The molecule has 0 aliphatic heterocycles. The minimum atomic E-state index is 0.445. The summed E-state index contributed by atoms with van der Waals surface area (Å²) in [5.41, 5.74) is 7.10. The molecular weight excluding hydrogens is 207 g/mol. The zero-order valence-corrected chi connectivity index (χ0v) is 9.45. The maximum Gasteiger partial charge on any atom is 0.135 e. The highest BCUT2D eigenvalue weighted by Crippen LogP contribution is 2.33. The van der Waals surface area contributed by atoms with E-state index in [2.05, 4.69) is 0 Å². The lowest BCUT2D eigenvalue weighted by molar-refractivity contribution is 0.486. The molecule has 13 heavy (non-hydrogen) atoms. The number of nitrogens with zero attached hydrogens (tertiary/aromatic N) is 1. The second kappa shape index (κ2) is 3.37. The Bertz CT molecular complexity index is 306. The zero-order chi connectivity index (χ0) is 10.2. The number of rotatable bonds is 1. The van der Waals surface area contributed by atoms with Gasteiger partial charge in [0.1, 0.15) is 5.69 Å². The second-order valence-electron chi connectivity index (χ2n) is 3.84. The highest BCUT2D eigenvalue weighted by atomic mass is 35.5. The van der Waals surface area contributed by atoms with Crippen LogP contribution in [-0.4, -0.2) is 21.1 Å². The molecule has 0 aromatic heterocycles. The van der Waals surface area contributed by atoms with Crippen molar-refractivity contribution >= 4 is 34.6 Å². The summed E-state index contributed by atoms with van der Waals surface area (Å²) in [5.74, 6) is 0. The van der Waals surface area contributed by atoms with E-state index in [0.717, 1.165) is 5.69 Å². The summed E-state index contributed by atoms with van der Waals surface area (Å²) >= 11 is 11.8. The fraction of sp³-hybridized carbons (Fsp3) is 0.333. The number of hydrogen-bond acceptors (Lipinski definition) is 1. The Morgan fingerprint density at radius 3 is 1.77 bits per heavy atom. The van der Waals surface area contributed by atoms with Crippen LogP contribution < -0.4 is 10.2 Å². The van der Waals surface area contributed by atoms with E-state index in [1.807, 2.05) is 33.3 Å². The molecule has 0 saturated carbocycles. The first kappa shape index (κ1) is 10.6. The Labute approximate surface area is 88.4 Å². The number of halogens is 2. The van der Waals surface area contributed by atoms with Gasteiger partial charge in [0.05, 0.1) is 36.9 Å². The van der Waals surface area contributed by atoms with Crippen LogP contribution in [0.3, 0.4) is 0 Å². The van der Waals surface area contributed by atoms with E-state index in [0.29, 0.717) is 20.2 Å². The molecule has 0 amide bonds. The van der Waals surface area contributed by atoms with E-state index in [1.165, 1.54) is 0 Å². The third-order valence-electron chi connectivity index (χ3n) is 1.84. The van der Waals surface area contributed by atoms with Gasteiger partial charge in [0.25, 0.3) is 0 Å². The van der Waals surface area contributed by atoms with Crippen molar-refractivity contribution < 1.29 is 0 Å². The quantitative estimate of drug-likeness (QED) is 0.571. The smallest absolute Gasteiger partial charge is 0.135 e. The molecule has 0 fully saturated rings. The summed E-state index contributed by atoms with van der Waals surface area (Å²) < 4.78 is 0.666. The molecular formula is C9H13Cl2N2+.